The number of rotatable bonds is 3. The molecule has 0 atom stereocenters. The first kappa shape index (κ1) is 13.1. The summed E-state index contributed by atoms with van der Waals surface area (Å²) in [5, 5.41) is 3.41. The number of esters is 1. The lowest BCUT2D eigenvalue weighted by Gasteiger charge is -2.24. The Morgan fingerprint density at radius 1 is 1.45 bits per heavy atom. The van der Waals surface area contributed by atoms with Gasteiger partial charge >= 0.3 is 5.97 Å². The first-order chi connectivity index (χ1) is 9.79. The van der Waals surface area contributed by atoms with Crippen molar-refractivity contribution in [3.05, 3.63) is 23.4 Å². The van der Waals surface area contributed by atoms with Gasteiger partial charge in [-0.1, -0.05) is 0 Å². The maximum absolute atomic E-state index is 11.8. The molecule has 0 saturated carbocycles. The van der Waals surface area contributed by atoms with Gasteiger partial charge < -0.3 is 14.8 Å². The van der Waals surface area contributed by atoms with Crippen LogP contribution in [0.5, 0.6) is 0 Å². The van der Waals surface area contributed by atoms with Crippen LogP contribution in [-0.4, -0.2) is 43.0 Å². The summed E-state index contributed by atoms with van der Waals surface area (Å²) in [6, 6.07) is 2.21. The van der Waals surface area contributed by atoms with E-state index in [4.69, 9.17) is 9.47 Å². The summed E-state index contributed by atoms with van der Waals surface area (Å²) in [5.41, 5.74) is 2.16. The number of methoxy groups -OCH3 is 1. The quantitative estimate of drug-likeness (QED) is 0.838. The number of fused-ring (bicyclic) bond motifs is 1. The SMILES string of the molecule is COC(=O)C1=NCc2ccnc(NC3CCOCC3)c21. The van der Waals surface area contributed by atoms with Crippen molar-refractivity contribution in [2.45, 2.75) is 25.4 Å². The third-order valence-corrected chi connectivity index (χ3v) is 3.62. The number of anilines is 1. The molecule has 1 saturated heterocycles. The normalized spacial score (nSPS) is 18.4. The second-order valence-electron chi connectivity index (χ2n) is 4.88. The van der Waals surface area contributed by atoms with Gasteiger partial charge in [0, 0.05) is 25.5 Å². The molecule has 2 aliphatic rings. The van der Waals surface area contributed by atoms with Crippen molar-refractivity contribution in [1.29, 1.82) is 0 Å². The topological polar surface area (TPSA) is 72.8 Å². The van der Waals surface area contributed by atoms with E-state index < -0.39 is 5.97 Å². The van der Waals surface area contributed by atoms with E-state index >= 15 is 0 Å². The largest absolute Gasteiger partial charge is 0.464 e. The fraction of sp³-hybridized carbons (Fsp3) is 0.500. The Balaban J connectivity index is 1.87. The van der Waals surface area contributed by atoms with E-state index in [9.17, 15) is 4.79 Å². The van der Waals surface area contributed by atoms with Crippen LogP contribution in [0.25, 0.3) is 0 Å². The van der Waals surface area contributed by atoms with E-state index in [0.717, 1.165) is 43.0 Å². The second kappa shape index (κ2) is 5.58. The Bertz CT molecular complexity index is 551. The number of carbonyl (C=O) groups is 1. The Hall–Kier alpha value is -1.95. The smallest absolute Gasteiger partial charge is 0.356 e. The van der Waals surface area contributed by atoms with Gasteiger partial charge in [-0.15, -0.1) is 0 Å². The van der Waals surface area contributed by atoms with Crippen LogP contribution in [0.4, 0.5) is 5.82 Å². The number of hydrogen-bond donors (Lipinski definition) is 1. The maximum Gasteiger partial charge on any atom is 0.356 e. The number of carbonyl (C=O) groups excluding carboxylic acids is 1. The van der Waals surface area contributed by atoms with E-state index in [1.165, 1.54) is 7.11 Å². The average Bonchev–Trinajstić information content (AvgIpc) is 2.93. The summed E-state index contributed by atoms with van der Waals surface area (Å²) in [7, 11) is 1.37. The molecule has 3 heterocycles. The molecule has 0 aromatic carbocycles. The third-order valence-electron chi connectivity index (χ3n) is 3.62. The molecular formula is C14H17N3O3. The molecule has 0 aliphatic carbocycles. The average molecular weight is 275 g/mol. The Labute approximate surface area is 117 Å². The standard InChI is InChI=1S/C14H17N3O3/c1-19-14(18)12-11-9(8-16-12)2-5-15-13(11)17-10-3-6-20-7-4-10/h2,5,10H,3-4,6-8H2,1H3,(H,15,17). The molecule has 0 bridgehead atoms. The summed E-state index contributed by atoms with van der Waals surface area (Å²) >= 11 is 0. The summed E-state index contributed by atoms with van der Waals surface area (Å²) in [6.07, 6.45) is 3.63. The Morgan fingerprint density at radius 3 is 3.00 bits per heavy atom. The van der Waals surface area contributed by atoms with Crippen molar-refractivity contribution < 1.29 is 14.3 Å². The maximum atomic E-state index is 11.8. The molecule has 3 rings (SSSR count). The van der Waals surface area contributed by atoms with E-state index in [0.29, 0.717) is 18.3 Å². The highest BCUT2D eigenvalue weighted by atomic mass is 16.5. The van der Waals surface area contributed by atoms with Crippen LogP contribution in [0, 0.1) is 0 Å². The van der Waals surface area contributed by atoms with E-state index in [1.807, 2.05) is 6.07 Å². The van der Waals surface area contributed by atoms with E-state index in [1.54, 1.807) is 6.20 Å². The van der Waals surface area contributed by atoms with Gasteiger partial charge in [0.15, 0.2) is 5.71 Å². The minimum atomic E-state index is -0.410. The number of aromatic nitrogens is 1. The molecule has 6 heteroatoms. The van der Waals surface area contributed by atoms with Crippen LogP contribution in [0.1, 0.15) is 24.0 Å². The number of ether oxygens (including phenoxy) is 2. The molecule has 20 heavy (non-hydrogen) atoms. The first-order valence-electron chi connectivity index (χ1n) is 6.75. The lowest BCUT2D eigenvalue weighted by Crippen LogP contribution is -2.29. The highest BCUT2D eigenvalue weighted by molar-refractivity contribution is 6.45. The van der Waals surface area contributed by atoms with Crippen LogP contribution >= 0.6 is 0 Å². The van der Waals surface area contributed by atoms with Crippen molar-refractivity contribution in [3.8, 4) is 0 Å². The molecule has 0 radical (unpaired) electrons. The minimum Gasteiger partial charge on any atom is -0.464 e. The van der Waals surface area contributed by atoms with Gasteiger partial charge in [0.1, 0.15) is 5.82 Å². The van der Waals surface area contributed by atoms with E-state index in [2.05, 4.69) is 15.3 Å². The molecule has 106 valence electrons. The highest BCUT2D eigenvalue weighted by Crippen LogP contribution is 2.26. The predicted octanol–water partition coefficient (Wildman–Crippen LogP) is 1.15. The van der Waals surface area contributed by atoms with Crippen LogP contribution in [-0.2, 0) is 20.8 Å². The zero-order valence-corrected chi connectivity index (χ0v) is 11.4. The molecule has 2 aliphatic heterocycles. The summed E-state index contributed by atoms with van der Waals surface area (Å²) in [5.74, 6) is 0.308. The van der Waals surface area contributed by atoms with Crippen molar-refractivity contribution in [3.63, 3.8) is 0 Å². The number of nitrogens with one attached hydrogen (secondary N) is 1. The highest BCUT2D eigenvalue weighted by Gasteiger charge is 2.28. The Kier molecular flexibility index (Phi) is 3.64. The molecule has 0 unspecified atom stereocenters. The molecule has 1 aromatic heterocycles. The van der Waals surface area contributed by atoms with Crippen molar-refractivity contribution in [2.24, 2.45) is 4.99 Å². The first-order valence-corrected chi connectivity index (χ1v) is 6.75. The van der Waals surface area contributed by atoms with Gasteiger partial charge in [0.05, 0.1) is 19.2 Å². The molecule has 1 aromatic rings. The van der Waals surface area contributed by atoms with Crippen LogP contribution < -0.4 is 5.32 Å². The molecule has 1 fully saturated rings. The fourth-order valence-electron chi connectivity index (χ4n) is 2.55. The van der Waals surface area contributed by atoms with Crippen molar-refractivity contribution in [2.75, 3.05) is 25.6 Å². The zero-order chi connectivity index (χ0) is 13.9. The number of hydrogen-bond acceptors (Lipinski definition) is 6. The predicted molar refractivity (Wildman–Crippen MR) is 74.0 cm³/mol. The molecule has 6 nitrogen and oxygen atoms in total. The van der Waals surface area contributed by atoms with Crippen molar-refractivity contribution in [1.82, 2.24) is 4.98 Å². The number of pyridine rings is 1. The summed E-state index contributed by atoms with van der Waals surface area (Å²) in [6.45, 7) is 2.01. The van der Waals surface area contributed by atoms with Gasteiger partial charge in [0.2, 0.25) is 0 Å². The van der Waals surface area contributed by atoms with Gasteiger partial charge in [-0.05, 0) is 24.5 Å². The summed E-state index contributed by atoms with van der Waals surface area (Å²) in [4.78, 5) is 20.4. The number of nitrogens with zero attached hydrogens (tertiary/aromatic N) is 2. The molecular weight excluding hydrogens is 258 g/mol. The van der Waals surface area contributed by atoms with E-state index in [-0.39, 0.29) is 0 Å². The lowest BCUT2D eigenvalue weighted by atomic mass is 10.1. The third kappa shape index (κ3) is 2.38. The molecule has 0 amide bonds. The fourth-order valence-corrected chi connectivity index (χ4v) is 2.55. The van der Waals surface area contributed by atoms with Crippen molar-refractivity contribution >= 4 is 17.5 Å². The number of aliphatic imine (C=N–C) groups is 1. The van der Waals surface area contributed by atoms with Gasteiger partial charge in [-0.25, -0.2) is 9.78 Å². The Morgan fingerprint density at radius 2 is 2.25 bits per heavy atom. The lowest BCUT2D eigenvalue weighted by molar-refractivity contribution is -0.132. The second-order valence-corrected chi connectivity index (χ2v) is 4.88. The zero-order valence-electron chi connectivity index (χ0n) is 11.4. The van der Waals surface area contributed by atoms with Crippen LogP contribution in [0.15, 0.2) is 17.3 Å². The van der Waals surface area contributed by atoms with Gasteiger partial charge in [-0.3, -0.25) is 4.99 Å². The van der Waals surface area contributed by atoms with Crippen LogP contribution in [0.3, 0.4) is 0 Å². The monoisotopic (exact) mass is 275 g/mol. The van der Waals surface area contributed by atoms with Gasteiger partial charge in [0.25, 0.3) is 0 Å². The summed E-state index contributed by atoms with van der Waals surface area (Å²) < 4.78 is 10.1. The molecule has 1 N–H and O–H groups in total. The molecule has 0 spiro atoms. The van der Waals surface area contributed by atoms with Gasteiger partial charge in [-0.2, -0.15) is 0 Å². The van der Waals surface area contributed by atoms with Crippen LogP contribution in [0.2, 0.25) is 0 Å². The minimum absolute atomic E-state index is 0.322.